The molecule has 0 fully saturated rings. The highest BCUT2D eigenvalue weighted by molar-refractivity contribution is 7.87. The van der Waals surface area contributed by atoms with Crippen LogP contribution in [0.5, 0.6) is 0 Å². The van der Waals surface area contributed by atoms with Crippen molar-refractivity contribution in [3.05, 3.63) is 12.2 Å². The maximum atomic E-state index is 12.8. The highest BCUT2D eigenvalue weighted by Crippen LogP contribution is 2.40. The van der Waals surface area contributed by atoms with E-state index in [1.165, 1.54) is 26.6 Å². The fourth-order valence-corrected chi connectivity index (χ4v) is 1.88. The molecule has 1 N–H and O–H groups in total. The first-order chi connectivity index (χ1) is 11.2. The zero-order valence-electron chi connectivity index (χ0n) is 14.7. The van der Waals surface area contributed by atoms with E-state index in [1.54, 1.807) is 0 Å². The Morgan fingerprint density at radius 1 is 1.12 bits per heavy atom. The molecule has 11 heteroatoms. The number of hydrogen-bond acceptors (Lipinski definition) is 5. The monoisotopic (exact) mass is 395 g/mol. The molecule has 0 amide bonds. The van der Waals surface area contributed by atoms with Crippen molar-refractivity contribution < 1.29 is 40.1 Å². The third-order valence-electron chi connectivity index (χ3n) is 3.09. The molecule has 0 aliphatic rings. The molecule has 0 spiro atoms. The van der Waals surface area contributed by atoms with Crippen LogP contribution in [0.25, 0.3) is 0 Å². The number of halogens is 4. The molecule has 0 atom stereocenters. The summed E-state index contributed by atoms with van der Waals surface area (Å²) < 4.78 is 83.3. The van der Waals surface area contributed by atoms with Crippen LogP contribution in [-0.2, 0) is 19.6 Å². The quantitative estimate of drug-likeness (QED) is 0.280. The maximum Gasteiger partial charge on any atom is 0.431 e. The number of ether oxygens (including phenoxy) is 1. The molecule has 0 saturated heterocycles. The molecule has 6 nitrogen and oxygen atoms in total. The molecular weight excluding hydrogens is 370 g/mol. The molecule has 0 aliphatic heterocycles. The lowest BCUT2D eigenvalue weighted by Gasteiger charge is -2.23. The lowest BCUT2D eigenvalue weighted by atomic mass is 10.2. The number of rotatable bonds is 9. The molecule has 0 unspecified atom stereocenters. The minimum Gasteiger partial charge on any atom is -0.462 e. The van der Waals surface area contributed by atoms with Crippen molar-refractivity contribution in [2.75, 3.05) is 26.2 Å². The predicted molar refractivity (Wildman–Crippen MR) is 85.3 cm³/mol. The lowest BCUT2D eigenvalue weighted by Crippen LogP contribution is -2.47. The van der Waals surface area contributed by atoms with Gasteiger partial charge in [0, 0.05) is 5.57 Å². The summed E-state index contributed by atoms with van der Waals surface area (Å²) in [6.07, 6.45) is -1.77. The van der Waals surface area contributed by atoms with Gasteiger partial charge in [0.05, 0.1) is 13.0 Å². The predicted octanol–water partition coefficient (Wildman–Crippen LogP) is 2.96. The Morgan fingerprint density at radius 2 is 1.52 bits per heavy atom. The summed E-state index contributed by atoms with van der Waals surface area (Å²) in [5.41, 5.74) is -0.139. The summed E-state index contributed by atoms with van der Waals surface area (Å²) >= 11 is 0. The summed E-state index contributed by atoms with van der Waals surface area (Å²) in [6, 6.07) is 0. The van der Waals surface area contributed by atoms with Crippen LogP contribution in [0.2, 0.25) is 0 Å². The van der Waals surface area contributed by atoms with Gasteiger partial charge in [-0.15, -0.1) is 0 Å². The second-order valence-corrected chi connectivity index (χ2v) is 6.44. The molecule has 0 radical (unpaired) electrons. The van der Waals surface area contributed by atoms with Crippen LogP contribution < -0.4 is 0 Å². The Bertz CT molecular complexity index is 528. The van der Waals surface area contributed by atoms with E-state index in [-0.39, 0.29) is 5.57 Å². The summed E-state index contributed by atoms with van der Waals surface area (Å²) in [7, 11) is -6.27. The van der Waals surface area contributed by atoms with E-state index in [1.807, 2.05) is 0 Å². The van der Waals surface area contributed by atoms with Crippen molar-refractivity contribution >= 4 is 16.1 Å². The molecule has 0 heterocycles. The number of esters is 1. The topological polar surface area (TPSA) is 83.9 Å². The third-order valence-corrected chi connectivity index (χ3v) is 4.04. The number of hydrogen-bond donors (Lipinski definition) is 1. The molecule has 0 aromatic carbocycles. The Morgan fingerprint density at radius 3 is 1.76 bits per heavy atom. The van der Waals surface area contributed by atoms with Crippen LogP contribution in [0.4, 0.5) is 17.6 Å². The smallest absolute Gasteiger partial charge is 0.431 e. The Hall–Kier alpha value is -1.20. The van der Waals surface area contributed by atoms with Crippen LogP contribution in [0.1, 0.15) is 34.1 Å². The molecule has 0 rings (SSSR count). The average molecular weight is 395 g/mol. The second-order valence-electron chi connectivity index (χ2n) is 4.98. The zero-order valence-corrected chi connectivity index (χ0v) is 15.5. The summed E-state index contributed by atoms with van der Waals surface area (Å²) in [6.45, 7) is 13.3. The molecule has 150 valence electrons. The first-order valence-electron chi connectivity index (χ1n) is 7.45. The SMILES string of the molecule is C=C(C)C(=O)OCCC(F)(F)C(F)(F)S(=O)(=O)O.CCN(CC)CC. The van der Waals surface area contributed by atoms with Crippen molar-refractivity contribution in [2.45, 2.75) is 45.3 Å². The largest absolute Gasteiger partial charge is 0.462 e. The van der Waals surface area contributed by atoms with Crippen LogP contribution >= 0.6 is 0 Å². The van der Waals surface area contributed by atoms with Gasteiger partial charge in [-0.2, -0.15) is 26.0 Å². The molecule has 0 aliphatic carbocycles. The van der Waals surface area contributed by atoms with Gasteiger partial charge in [-0.1, -0.05) is 27.4 Å². The third kappa shape index (κ3) is 8.63. The van der Waals surface area contributed by atoms with E-state index in [0.29, 0.717) is 0 Å². The Labute approximate surface area is 145 Å². The van der Waals surface area contributed by atoms with Gasteiger partial charge in [-0.05, 0) is 26.6 Å². The highest BCUT2D eigenvalue weighted by Gasteiger charge is 2.65. The molecule has 0 bridgehead atoms. The van der Waals surface area contributed by atoms with Gasteiger partial charge in [-0.25, -0.2) is 4.79 Å². The van der Waals surface area contributed by atoms with Crippen molar-refractivity contribution in [2.24, 2.45) is 0 Å². The number of alkyl halides is 4. The highest BCUT2D eigenvalue weighted by atomic mass is 32.2. The van der Waals surface area contributed by atoms with Crippen LogP contribution in [0.3, 0.4) is 0 Å². The van der Waals surface area contributed by atoms with E-state index in [4.69, 9.17) is 4.55 Å². The van der Waals surface area contributed by atoms with Gasteiger partial charge in [-0.3, -0.25) is 4.55 Å². The summed E-state index contributed by atoms with van der Waals surface area (Å²) in [4.78, 5) is 13.1. The lowest BCUT2D eigenvalue weighted by molar-refractivity contribution is -0.173. The second kappa shape index (κ2) is 10.7. The maximum absolute atomic E-state index is 12.8. The zero-order chi connectivity index (χ0) is 20.5. The van der Waals surface area contributed by atoms with Gasteiger partial charge < -0.3 is 9.64 Å². The fourth-order valence-electron chi connectivity index (χ4n) is 1.40. The van der Waals surface area contributed by atoms with Crippen LogP contribution in [-0.4, -0.2) is 61.3 Å². The molecule has 0 saturated carbocycles. The average Bonchev–Trinajstić information content (AvgIpc) is 2.48. The Balaban J connectivity index is 0. The van der Waals surface area contributed by atoms with Crippen LogP contribution in [0.15, 0.2) is 12.2 Å². The van der Waals surface area contributed by atoms with E-state index in [2.05, 4.69) is 37.0 Å². The van der Waals surface area contributed by atoms with Gasteiger partial charge in [0.15, 0.2) is 0 Å². The summed E-state index contributed by atoms with van der Waals surface area (Å²) in [5.74, 6) is -6.16. The van der Waals surface area contributed by atoms with Gasteiger partial charge >= 0.3 is 27.3 Å². The van der Waals surface area contributed by atoms with Crippen molar-refractivity contribution in [3.63, 3.8) is 0 Å². The standard InChI is InChI=1S/C8H10F4O5S.C6H15N/c1-5(2)6(13)17-4-3-7(9,10)8(11,12)18(14,15)16;1-4-7(5-2)6-3/h1,3-4H2,2H3,(H,14,15,16);4-6H2,1-3H3. The molecule has 25 heavy (non-hydrogen) atoms. The first-order valence-corrected chi connectivity index (χ1v) is 8.89. The van der Waals surface area contributed by atoms with Gasteiger partial charge in [0.25, 0.3) is 0 Å². The van der Waals surface area contributed by atoms with Crippen LogP contribution in [0, 0.1) is 0 Å². The molecule has 0 aromatic heterocycles. The molecular formula is C14H25F4NO5S. The fraction of sp³-hybridized carbons (Fsp3) is 0.786. The number of carbonyl (C=O) groups is 1. The Kier molecular flexibility index (Phi) is 11.2. The minimum atomic E-state index is -6.27. The summed E-state index contributed by atoms with van der Waals surface area (Å²) in [5, 5.41) is -5.66. The van der Waals surface area contributed by atoms with Crippen molar-refractivity contribution in [3.8, 4) is 0 Å². The van der Waals surface area contributed by atoms with Gasteiger partial charge in [0.1, 0.15) is 0 Å². The van der Waals surface area contributed by atoms with E-state index in [9.17, 15) is 30.8 Å². The van der Waals surface area contributed by atoms with Gasteiger partial charge in [0.2, 0.25) is 0 Å². The number of carbonyl (C=O) groups excluding carboxylic acids is 1. The van der Waals surface area contributed by atoms with Crippen molar-refractivity contribution in [1.82, 2.24) is 4.90 Å². The normalized spacial score (nSPS) is 12.4. The first kappa shape index (κ1) is 26.0. The van der Waals surface area contributed by atoms with E-state index >= 15 is 0 Å². The minimum absolute atomic E-state index is 0.139. The number of nitrogens with zero attached hydrogens (tertiary/aromatic N) is 1. The molecule has 0 aromatic rings. The van der Waals surface area contributed by atoms with E-state index in [0.717, 1.165) is 0 Å². The van der Waals surface area contributed by atoms with E-state index < -0.39 is 40.3 Å². The van der Waals surface area contributed by atoms with Crippen molar-refractivity contribution in [1.29, 1.82) is 0 Å².